The SMILES string of the molecule is O=C(NCCc1ccc(F)cc1)c1cc(Nc2ccc(F)cc2)ccn1. The fourth-order valence-corrected chi connectivity index (χ4v) is 2.39. The number of hydrogen-bond acceptors (Lipinski definition) is 3. The first-order chi connectivity index (χ1) is 12.6. The van der Waals surface area contributed by atoms with E-state index in [4.69, 9.17) is 0 Å². The Labute approximate surface area is 149 Å². The van der Waals surface area contributed by atoms with Crippen LogP contribution in [0.1, 0.15) is 16.1 Å². The third kappa shape index (κ3) is 4.86. The first kappa shape index (κ1) is 17.5. The van der Waals surface area contributed by atoms with E-state index in [0.29, 0.717) is 24.3 Å². The summed E-state index contributed by atoms with van der Waals surface area (Å²) in [6.45, 7) is 0.418. The van der Waals surface area contributed by atoms with Crippen molar-refractivity contribution in [2.45, 2.75) is 6.42 Å². The highest BCUT2D eigenvalue weighted by Crippen LogP contribution is 2.17. The van der Waals surface area contributed by atoms with Crippen LogP contribution in [-0.4, -0.2) is 17.4 Å². The number of aromatic nitrogens is 1. The molecule has 0 radical (unpaired) electrons. The van der Waals surface area contributed by atoms with Gasteiger partial charge in [-0.05, 0) is 60.5 Å². The van der Waals surface area contributed by atoms with Crippen molar-refractivity contribution >= 4 is 17.3 Å². The Hall–Kier alpha value is -3.28. The number of pyridine rings is 1. The summed E-state index contributed by atoms with van der Waals surface area (Å²) in [6.07, 6.45) is 2.13. The van der Waals surface area contributed by atoms with Crippen molar-refractivity contribution in [1.82, 2.24) is 10.3 Å². The third-order valence-electron chi connectivity index (χ3n) is 3.74. The molecule has 0 aliphatic rings. The Balaban J connectivity index is 1.57. The lowest BCUT2D eigenvalue weighted by atomic mass is 10.1. The predicted octanol–water partition coefficient (Wildman–Crippen LogP) is 4.08. The Morgan fingerprint density at radius 2 is 1.54 bits per heavy atom. The number of halogens is 2. The van der Waals surface area contributed by atoms with Gasteiger partial charge in [0.05, 0.1) is 0 Å². The smallest absolute Gasteiger partial charge is 0.269 e. The number of anilines is 2. The van der Waals surface area contributed by atoms with E-state index in [1.165, 1.54) is 30.5 Å². The molecule has 1 heterocycles. The highest BCUT2D eigenvalue weighted by Gasteiger charge is 2.08. The van der Waals surface area contributed by atoms with Gasteiger partial charge in [0.25, 0.3) is 5.91 Å². The largest absolute Gasteiger partial charge is 0.355 e. The van der Waals surface area contributed by atoms with E-state index in [1.807, 2.05) is 0 Å². The van der Waals surface area contributed by atoms with Gasteiger partial charge in [-0.25, -0.2) is 8.78 Å². The van der Waals surface area contributed by atoms with E-state index in [2.05, 4.69) is 15.6 Å². The average molecular weight is 353 g/mol. The zero-order chi connectivity index (χ0) is 18.4. The van der Waals surface area contributed by atoms with E-state index in [0.717, 1.165) is 5.56 Å². The first-order valence-electron chi connectivity index (χ1n) is 8.11. The van der Waals surface area contributed by atoms with Crippen molar-refractivity contribution in [2.75, 3.05) is 11.9 Å². The summed E-state index contributed by atoms with van der Waals surface area (Å²) in [4.78, 5) is 16.3. The summed E-state index contributed by atoms with van der Waals surface area (Å²) in [5.74, 6) is -0.895. The third-order valence-corrected chi connectivity index (χ3v) is 3.74. The van der Waals surface area contributed by atoms with Gasteiger partial charge in [-0.15, -0.1) is 0 Å². The minimum absolute atomic E-state index is 0.274. The molecule has 6 heteroatoms. The summed E-state index contributed by atoms with van der Waals surface area (Å²) in [5, 5.41) is 5.88. The average Bonchev–Trinajstić information content (AvgIpc) is 2.65. The number of nitrogens with zero attached hydrogens (tertiary/aromatic N) is 1. The molecule has 0 unspecified atom stereocenters. The van der Waals surface area contributed by atoms with Crippen molar-refractivity contribution in [2.24, 2.45) is 0 Å². The molecule has 1 aromatic heterocycles. The second kappa shape index (κ2) is 8.20. The molecule has 0 saturated heterocycles. The maximum Gasteiger partial charge on any atom is 0.269 e. The van der Waals surface area contributed by atoms with Gasteiger partial charge in [0, 0.05) is 24.1 Å². The van der Waals surface area contributed by atoms with Gasteiger partial charge in [0.1, 0.15) is 17.3 Å². The minimum atomic E-state index is -0.313. The van der Waals surface area contributed by atoms with Gasteiger partial charge in [-0.3, -0.25) is 9.78 Å². The van der Waals surface area contributed by atoms with Gasteiger partial charge in [-0.2, -0.15) is 0 Å². The Kier molecular flexibility index (Phi) is 5.53. The fraction of sp³-hybridized carbons (Fsp3) is 0.100. The van der Waals surface area contributed by atoms with Crippen molar-refractivity contribution in [1.29, 1.82) is 0 Å². The number of benzene rings is 2. The summed E-state index contributed by atoms with van der Waals surface area (Å²) in [7, 11) is 0. The van der Waals surface area contributed by atoms with Crippen LogP contribution < -0.4 is 10.6 Å². The van der Waals surface area contributed by atoms with E-state index in [1.54, 1.807) is 36.4 Å². The second-order valence-electron chi connectivity index (χ2n) is 5.69. The highest BCUT2D eigenvalue weighted by atomic mass is 19.1. The summed E-state index contributed by atoms with van der Waals surface area (Å²) < 4.78 is 25.8. The molecule has 0 aliphatic carbocycles. The van der Waals surface area contributed by atoms with Crippen LogP contribution in [0, 0.1) is 11.6 Å². The lowest BCUT2D eigenvalue weighted by Gasteiger charge is -2.09. The summed E-state index contributed by atoms with van der Waals surface area (Å²) in [5.41, 5.74) is 2.60. The fourth-order valence-electron chi connectivity index (χ4n) is 2.39. The minimum Gasteiger partial charge on any atom is -0.355 e. The number of carbonyl (C=O) groups is 1. The molecule has 0 fully saturated rings. The van der Waals surface area contributed by atoms with Crippen molar-refractivity contribution in [3.63, 3.8) is 0 Å². The van der Waals surface area contributed by atoms with Gasteiger partial charge >= 0.3 is 0 Å². The molecular formula is C20H17F2N3O. The molecule has 0 aliphatic heterocycles. The van der Waals surface area contributed by atoms with Gasteiger partial charge in [0.2, 0.25) is 0 Å². The van der Waals surface area contributed by atoms with Gasteiger partial charge in [0.15, 0.2) is 0 Å². The number of nitrogens with one attached hydrogen (secondary N) is 2. The van der Waals surface area contributed by atoms with Crippen LogP contribution in [0.25, 0.3) is 0 Å². The molecule has 3 rings (SSSR count). The van der Waals surface area contributed by atoms with Crippen LogP contribution >= 0.6 is 0 Å². The van der Waals surface area contributed by atoms with Crippen LogP contribution in [0.15, 0.2) is 66.9 Å². The van der Waals surface area contributed by atoms with E-state index < -0.39 is 0 Å². The highest BCUT2D eigenvalue weighted by molar-refractivity contribution is 5.93. The molecule has 4 nitrogen and oxygen atoms in total. The van der Waals surface area contributed by atoms with Crippen molar-refractivity contribution < 1.29 is 13.6 Å². The first-order valence-corrected chi connectivity index (χ1v) is 8.11. The van der Waals surface area contributed by atoms with Crippen molar-refractivity contribution in [3.05, 3.63) is 89.8 Å². The molecule has 0 atom stereocenters. The van der Waals surface area contributed by atoms with E-state index in [9.17, 15) is 13.6 Å². The monoisotopic (exact) mass is 353 g/mol. The number of rotatable bonds is 6. The van der Waals surface area contributed by atoms with E-state index >= 15 is 0 Å². The molecule has 0 spiro atoms. The van der Waals surface area contributed by atoms with Crippen LogP contribution in [0.2, 0.25) is 0 Å². The summed E-state index contributed by atoms with van der Waals surface area (Å²) >= 11 is 0. The Morgan fingerprint density at radius 1 is 0.885 bits per heavy atom. The zero-order valence-electron chi connectivity index (χ0n) is 13.9. The standard InChI is InChI=1S/C20H17F2N3O/c21-15-3-1-14(2-4-15)9-11-24-20(26)19-13-18(10-12-23-19)25-17-7-5-16(22)6-8-17/h1-8,10,12-13H,9,11H2,(H,23,25)(H,24,26). The molecule has 0 saturated carbocycles. The van der Waals surface area contributed by atoms with Gasteiger partial charge in [-0.1, -0.05) is 12.1 Å². The van der Waals surface area contributed by atoms with Crippen molar-refractivity contribution in [3.8, 4) is 0 Å². The van der Waals surface area contributed by atoms with Gasteiger partial charge < -0.3 is 10.6 Å². The van der Waals surface area contributed by atoms with Crippen LogP contribution in [0.4, 0.5) is 20.2 Å². The Bertz CT molecular complexity index is 880. The topological polar surface area (TPSA) is 54.0 Å². The molecule has 1 amide bonds. The molecule has 132 valence electrons. The molecular weight excluding hydrogens is 336 g/mol. The lowest BCUT2D eigenvalue weighted by molar-refractivity contribution is 0.0949. The number of amides is 1. The van der Waals surface area contributed by atoms with Crippen LogP contribution in [-0.2, 0) is 6.42 Å². The maximum absolute atomic E-state index is 12.9. The van der Waals surface area contributed by atoms with E-state index in [-0.39, 0.29) is 23.2 Å². The molecule has 2 N–H and O–H groups in total. The molecule has 2 aromatic carbocycles. The second-order valence-corrected chi connectivity index (χ2v) is 5.69. The Morgan fingerprint density at radius 3 is 2.23 bits per heavy atom. The lowest BCUT2D eigenvalue weighted by Crippen LogP contribution is -2.26. The zero-order valence-corrected chi connectivity index (χ0v) is 13.9. The predicted molar refractivity (Wildman–Crippen MR) is 96.4 cm³/mol. The van der Waals surface area contributed by atoms with Crippen LogP contribution in [0.3, 0.4) is 0 Å². The molecule has 3 aromatic rings. The summed E-state index contributed by atoms with van der Waals surface area (Å²) in [6, 6.07) is 15.4. The quantitative estimate of drug-likeness (QED) is 0.702. The number of carbonyl (C=O) groups excluding carboxylic acids is 1. The normalized spacial score (nSPS) is 10.4. The van der Waals surface area contributed by atoms with Crippen LogP contribution in [0.5, 0.6) is 0 Å². The maximum atomic E-state index is 12.9. The molecule has 26 heavy (non-hydrogen) atoms. The number of hydrogen-bond donors (Lipinski definition) is 2. The molecule has 0 bridgehead atoms.